The predicted molar refractivity (Wildman–Crippen MR) is 81.9 cm³/mol. The third kappa shape index (κ3) is 1.70. The fourth-order valence-corrected chi connectivity index (χ4v) is 3.12. The lowest BCUT2D eigenvalue weighted by molar-refractivity contribution is 0.579. The van der Waals surface area contributed by atoms with Crippen LogP contribution in [-0.2, 0) is 0 Å². The number of aromatic amines is 1. The van der Waals surface area contributed by atoms with Gasteiger partial charge in [0, 0.05) is 30.4 Å². The van der Waals surface area contributed by atoms with Gasteiger partial charge in [0.25, 0.3) is 0 Å². The van der Waals surface area contributed by atoms with Gasteiger partial charge in [0.05, 0.1) is 17.1 Å². The van der Waals surface area contributed by atoms with Crippen molar-refractivity contribution in [1.29, 1.82) is 0 Å². The molecule has 4 rings (SSSR count). The monoisotopic (exact) mass is 267 g/mol. The van der Waals surface area contributed by atoms with E-state index in [-0.39, 0.29) is 0 Å². The standard InChI is InChI=1S/C15H17N5/c16-13-8-10-11(9-18-13)19-15-14(10)12(4-5-17-15)20-6-2-1-3-7-20/h4-5,8-9H,1-3,6-7H2,(H2,16,18)(H,17,19). The maximum absolute atomic E-state index is 5.84. The Balaban J connectivity index is 1.99. The molecule has 0 radical (unpaired) electrons. The molecule has 4 heterocycles. The number of piperidine rings is 1. The first-order valence-electron chi connectivity index (χ1n) is 7.10. The topological polar surface area (TPSA) is 70.8 Å². The van der Waals surface area contributed by atoms with Crippen molar-refractivity contribution in [2.24, 2.45) is 0 Å². The van der Waals surface area contributed by atoms with E-state index in [0.717, 1.165) is 29.6 Å². The van der Waals surface area contributed by atoms with Crippen LogP contribution in [0.2, 0.25) is 0 Å². The van der Waals surface area contributed by atoms with Gasteiger partial charge in [-0.2, -0.15) is 0 Å². The minimum absolute atomic E-state index is 0.548. The Bertz CT molecular complexity index is 770. The zero-order chi connectivity index (χ0) is 13.5. The van der Waals surface area contributed by atoms with Crippen LogP contribution in [-0.4, -0.2) is 28.0 Å². The summed E-state index contributed by atoms with van der Waals surface area (Å²) >= 11 is 0. The van der Waals surface area contributed by atoms with E-state index in [4.69, 9.17) is 5.73 Å². The maximum atomic E-state index is 5.84. The number of nitrogens with two attached hydrogens (primary N) is 1. The number of pyridine rings is 2. The minimum atomic E-state index is 0.548. The van der Waals surface area contributed by atoms with Crippen LogP contribution in [0.4, 0.5) is 11.5 Å². The molecule has 1 aliphatic heterocycles. The predicted octanol–water partition coefficient (Wildman–Crippen LogP) is 2.68. The molecule has 5 nitrogen and oxygen atoms in total. The van der Waals surface area contributed by atoms with Gasteiger partial charge < -0.3 is 15.6 Å². The highest BCUT2D eigenvalue weighted by Crippen LogP contribution is 2.34. The molecule has 3 aromatic heterocycles. The molecular weight excluding hydrogens is 250 g/mol. The third-order valence-electron chi connectivity index (χ3n) is 4.07. The van der Waals surface area contributed by atoms with E-state index in [0.29, 0.717) is 5.82 Å². The van der Waals surface area contributed by atoms with E-state index in [9.17, 15) is 0 Å². The van der Waals surface area contributed by atoms with Gasteiger partial charge in [-0.25, -0.2) is 9.97 Å². The Morgan fingerprint density at radius 1 is 1.15 bits per heavy atom. The molecule has 0 aliphatic carbocycles. The van der Waals surface area contributed by atoms with E-state index in [2.05, 4.69) is 25.9 Å². The van der Waals surface area contributed by atoms with E-state index in [1.807, 2.05) is 12.3 Å². The molecule has 0 aromatic carbocycles. The largest absolute Gasteiger partial charge is 0.384 e. The van der Waals surface area contributed by atoms with Gasteiger partial charge >= 0.3 is 0 Å². The normalized spacial score (nSPS) is 16.1. The number of nitrogens with zero attached hydrogens (tertiary/aromatic N) is 3. The molecule has 0 bridgehead atoms. The highest BCUT2D eigenvalue weighted by Gasteiger charge is 2.17. The van der Waals surface area contributed by atoms with Gasteiger partial charge in [-0.1, -0.05) is 0 Å². The quantitative estimate of drug-likeness (QED) is 0.711. The molecule has 0 spiro atoms. The number of nitrogen functional groups attached to an aromatic ring is 1. The number of anilines is 2. The Morgan fingerprint density at radius 2 is 2.00 bits per heavy atom. The lowest BCUT2D eigenvalue weighted by Crippen LogP contribution is -2.29. The summed E-state index contributed by atoms with van der Waals surface area (Å²) in [4.78, 5) is 14.4. The lowest BCUT2D eigenvalue weighted by atomic mass is 10.1. The molecule has 0 atom stereocenters. The first-order valence-corrected chi connectivity index (χ1v) is 7.10. The summed E-state index contributed by atoms with van der Waals surface area (Å²) in [7, 11) is 0. The van der Waals surface area contributed by atoms with Crippen molar-refractivity contribution >= 4 is 33.4 Å². The van der Waals surface area contributed by atoms with Crippen LogP contribution in [0.1, 0.15) is 19.3 Å². The minimum Gasteiger partial charge on any atom is -0.384 e. The van der Waals surface area contributed by atoms with Crippen molar-refractivity contribution in [3.63, 3.8) is 0 Å². The Labute approximate surface area is 116 Å². The number of nitrogens with one attached hydrogen (secondary N) is 1. The first-order chi connectivity index (χ1) is 9.83. The zero-order valence-electron chi connectivity index (χ0n) is 11.3. The fraction of sp³-hybridized carbons (Fsp3) is 0.333. The SMILES string of the molecule is Nc1cc2c(cn1)[nH]c1nccc(N3CCCCC3)c12. The molecule has 1 saturated heterocycles. The van der Waals surface area contributed by atoms with Gasteiger partial charge in [-0.15, -0.1) is 0 Å². The molecule has 1 aliphatic rings. The summed E-state index contributed by atoms with van der Waals surface area (Å²) in [5.74, 6) is 0.548. The van der Waals surface area contributed by atoms with Gasteiger partial charge in [0.2, 0.25) is 0 Å². The van der Waals surface area contributed by atoms with Gasteiger partial charge in [0.15, 0.2) is 0 Å². The van der Waals surface area contributed by atoms with Crippen LogP contribution < -0.4 is 10.6 Å². The smallest absolute Gasteiger partial charge is 0.140 e. The molecule has 0 unspecified atom stereocenters. The number of hydrogen-bond donors (Lipinski definition) is 2. The Hall–Kier alpha value is -2.30. The van der Waals surface area contributed by atoms with Crippen molar-refractivity contribution < 1.29 is 0 Å². The van der Waals surface area contributed by atoms with Crippen LogP contribution in [0, 0.1) is 0 Å². The van der Waals surface area contributed by atoms with E-state index in [1.54, 1.807) is 6.20 Å². The van der Waals surface area contributed by atoms with Gasteiger partial charge in [-0.05, 0) is 31.4 Å². The molecule has 5 heteroatoms. The number of aromatic nitrogens is 3. The molecule has 20 heavy (non-hydrogen) atoms. The average Bonchev–Trinajstić information content (AvgIpc) is 2.86. The summed E-state index contributed by atoms with van der Waals surface area (Å²) in [6.07, 6.45) is 7.51. The van der Waals surface area contributed by atoms with Crippen LogP contribution >= 0.6 is 0 Å². The second-order valence-electron chi connectivity index (χ2n) is 5.38. The Kier molecular flexibility index (Phi) is 2.52. The highest BCUT2D eigenvalue weighted by atomic mass is 15.1. The number of fused-ring (bicyclic) bond motifs is 3. The molecule has 3 aromatic rings. The number of hydrogen-bond acceptors (Lipinski definition) is 4. The van der Waals surface area contributed by atoms with Crippen LogP contribution in [0.15, 0.2) is 24.5 Å². The van der Waals surface area contributed by atoms with Crippen molar-refractivity contribution in [3.05, 3.63) is 24.5 Å². The van der Waals surface area contributed by atoms with E-state index < -0.39 is 0 Å². The molecule has 3 N–H and O–H groups in total. The van der Waals surface area contributed by atoms with Gasteiger partial charge in [-0.3, -0.25) is 0 Å². The second kappa shape index (κ2) is 4.37. The summed E-state index contributed by atoms with van der Waals surface area (Å²) in [5.41, 5.74) is 9.00. The number of rotatable bonds is 1. The van der Waals surface area contributed by atoms with Gasteiger partial charge in [0.1, 0.15) is 11.5 Å². The highest BCUT2D eigenvalue weighted by molar-refractivity contribution is 6.12. The summed E-state index contributed by atoms with van der Waals surface area (Å²) < 4.78 is 0. The molecule has 0 saturated carbocycles. The lowest BCUT2D eigenvalue weighted by Gasteiger charge is -2.29. The van der Waals surface area contributed by atoms with E-state index >= 15 is 0 Å². The van der Waals surface area contributed by atoms with Crippen molar-refractivity contribution in [1.82, 2.24) is 15.0 Å². The summed E-state index contributed by atoms with van der Waals surface area (Å²) in [6, 6.07) is 4.04. The summed E-state index contributed by atoms with van der Waals surface area (Å²) in [6.45, 7) is 2.23. The zero-order valence-corrected chi connectivity index (χ0v) is 11.3. The maximum Gasteiger partial charge on any atom is 0.140 e. The number of H-pyrrole nitrogens is 1. The molecule has 1 fully saturated rings. The second-order valence-corrected chi connectivity index (χ2v) is 5.38. The molecule has 0 amide bonds. The molecule has 102 valence electrons. The van der Waals surface area contributed by atoms with Crippen molar-refractivity contribution in [2.45, 2.75) is 19.3 Å². The van der Waals surface area contributed by atoms with Crippen LogP contribution in [0.5, 0.6) is 0 Å². The summed E-state index contributed by atoms with van der Waals surface area (Å²) in [5, 5.41) is 2.28. The Morgan fingerprint density at radius 3 is 2.85 bits per heavy atom. The van der Waals surface area contributed by atoms with Crippen molar-refractivity contribution in [2.75, 3.05) is 23.7 Å². The van der Waals surface area contributed by atoms with E-state index in [1.165, 1.54) is 30.3 Å². The van der Waals surface area contributed by atoms with Crippen LogP contribution in [0.3, 0.4) is 0 Å². The first kappa shape index (κ1) is 11.5. The molecular formula is C15H17N5. The third-order valence-corrected chi connectivity index (χ3v) is 4.07. The average molecular weight is 267 g/mol. The van der Waals surface area contributed by atoms with Crippen LogP contribution in [0.25, 0.3) is 21.9 Å². The van der Waals surface area contributed by atoms with Crippen molar-refractivity contribution in [3.8, 4) is 0 Å². The fourth-order valence-electron chi connectivity index (χ4n) is 3.12.